The SMILES string of the molecule is O=Cc1cc2c(cc1Br)C1CCC2CC1.[B]B([B])B([B])B(B=S)B(B([B])[B])B([B])[B]. The van der Waals surface area contributed by atoms with Crippen molar-refractivity contribution in [3.8, 4) is 0 Å². The van der Waals surface area contributed by atoms with Gasteiger partial charge >= 0.3 is 111 Å². The zero-order valence-corrected chi connectivity index (χ0v) is 19.4. The molecule has 4 rings (SSSR count). The van der Waals surface area contributed by atoms with E-state index in [1.807, 2.05) is 0 Å². The first kappa shape index (κ1) is 26.7. The molecule has 0 aromatic heterocycles. The van der Waals surface area contributed by atoms with Gasteiger partial charge in [0.2, 0.25) is 0 Å². The van der Waals surface area contributed by atoms with Crippen molar-refractivity contribution in [3.63, 3.8) is 0 Å². The van der Waals surface area contributed by atoms with Crippen molar-refractivity contribution in [1.82, 2.24) is 0 Å². The van der Waals surface area contributed by atoms with Crippen LogP contribution in [-0.4, -0.2) is 105 Å². The van der Waals surface area contributed by atoms with Crippen LogP contribution in [0.5, 0.6) is 0 Å². The van der Waals surface area contributed by atoms with E-state index < -0.39 is 31.9 Å². The molecule has 14 radical (unpaired) electrons. The summed E-state index contributed by atoms with van der Waals surface area (Å²) in [4.78, 5) is 10.9. The van der Waals surface area contributed by atoms with Crippen molar-refractivity contribution in [2.75, 3.05) is 0 Å². The number of rotatable bonds is 7. The summed E-state index contributed by atoms with van der Waals surface area (Å²) in [5, 5.41) is 0. The standard InChI is InChI=1S/C13H13BrO.B14S/c14-13-6-12-9-3-1-8(2-4-9)11(12)5-10(13)7-15;1-9(2)12(7)13(8-15)14(10(3)4)11(5)6/h5-9H,1-4H2;. The van der Waals surface area contributed by atoms with Gasteiger partial charge in [0, 0.05) is 10.0 Å². The molecule has 0 N–H and O–H groups in total. The first-order valence-electron chi connectivity index (χ1n) is 10.1. The summed E-state index contributed by atoms with van der Waals surface area (Å²) in [6.45, 7) is 0. The quantitative estimate of drug-likeness (QED) is 0.407. The Bertz CT molecular complexity index is 735. The van der Waals surface area contributed by atoms with Crippen LogP contribution in [0, 0.1) is 0 Å². The first-order chi connectivity index (χ1) is 14.1. The van der Waals surface area contributed by atoms with E-state index in [-0.39, 0.29) is 6.39 Å². The number of carbonyl (C=O) groups is 1. The van der Waals surface area contributed by atoms with Crippen LogP contribution in [0.1, 0.15) is 59.0 Å². The molecule has 0 amide bonds. The third-order valence-corrected chi connectivity index (χ3v) is 7.32. The number of hydrogen-bond acceptors (Lipinski definition) is 2. The van der Waals surface area contributed by atoms with Crippen LogP contribution < -0.4 is 0 Å². The number of halogens is 1. The zero-order chi connectivity index (χ0) is 22.6. The summed E-state index contributed by atoms with van der Waals surface area (Å²) < 4.78 is 0.962. The Morgan fingerprint density at radius 2 is 1.37 bits per heavy atom. The fourth-order valence-electron chi connectivity index (χ4n) is 4.60. The molecule has 126 valence electrons. The Balaban J connectivity index is 0.000000214. The Morgan fingerprint density at radius 3 is 1.73 bits per heavy atom. The molecule has 0 aliphatic heterocycles. The third kappa shape index (κ3) is 6.30. The van der Waals surface area contributed by atoms with E-state index in [4.69, 9.17) is 66.2 Å². The van der Waals surface area contributed by atoms with Gasteiger partial charge in [-0.1, -0.05) is 15.9 Å². The van der Waals surface area contributed by atoms with E-state index in [1.165, 1.54) is 42.9 Å². The summed E-state index contributed by atoms with van der Waals surface area (Å²) in [6.07, 6.45) is 2.67. The van der Waals surface area contributed by atoms with Gasteiger partial charge in [-0.05, 0) is 60.8 Å². The molecule has 1 nitrogen and oxygen atoms in total. The summed E-state index contributed by atoms with van der Waals surface area (Å²) >= 11 is 8.32. The topological polar surface area (TPSA) is 17.1 Å². The second-order valence-electron chi connectivity index (χ2n) is 8.27. The van der Waals surface area contributed by atoms with Crippen molar-refractivity contribution >= 4 is 133 Å². The Labute approximate surface area is 207 Å². The summed E-state index contributed by atoms with van der Waals surface area (Å²) in [6, 6.07) is 5.69. The van der Waals surface area contributed by atoms with E-state index in [1.54, 1.807) is 0 Å². The monoisotopic (exact) mass is 450 g/mol. The molecule has 17 heteroatoms. The van der Waals surface area contributed by atoms with Gasteiger partial charge in [0.05, 0.1) is 0 Å². The molecule has 3 aliphatic rings. The molecule has 1 fully saturated rings. The molecule has 0 atom stereocenters. The Hall–Kier alpha value is 0.499. The van der Waals surface area contributed by atoms with E-state index >= 15 is 0 Å². The fraction of sp³-hybridized carbons (Fsp3) is 0.462. The van der Waals surface area contributed by atoms with E-state index in [9.17, 15) is 4.79 Å². The van der Waals surface area contributed by atoms with Crippen LogP contribution in [0.3, 0.4) is 0 Å². The second kappa shape index (κ2) is 12.1. The summed E-state index contributed by atoms with van der Waals surface area (Å²) in [5.74, 6) is 1.47. The molecule has 0 unspecified atom stereocenters. The third-order valence-electron chi connectivity index (χ3n) is 6.32. The van der Waals surface area contributed by atoms with Gasteiger partial charge in [0.25, 0.3) is 0 Å². The number of carbonyl (C=O) groups excluding carboxylic acids is 1. The van der Waals surface area contributed by atoms with Gasteiger partial charge in [0.1, 0.15) is 0 Å². The van der Waals surface area contributed by atoms with Crippen molar-refractivity contribution in [2.24, 2.45) is 0 Å². The van der Waals surface area contributed by atoms with Gasteiger partial charge in [-0.2, -0.15) is 0 Å². The van der Waals surface area contributed by atoms with E-state index in [2.05, 4.69) is 28.1 Å². The van der Waals surface area contributed by atoms with Crippen LogP contribution in [0.2, 0.25) is 0 Å². The molecule has 3 aliphatic carbocycles. The van der Waals surface area contributed by atoms with Crippen LogP contribution in [0.25, 0.3) is 0 Å². The number of aldehydes is 1. The summed E-state index contributed by atoms with van der Waals surface area (Å²) in [5.41, 5.74) is 3.75. The predicted molar refractivity (Wildman–Crippen MR) is 152 cm³/mol. The average molecular weight is 449 g/mol. The maximum absolute atomic E-state index is 10.9. The Kier molecular flexibility index (Phi) is 10.8. The average Bonchev–Trinajstić information content (AvgIpc) is 2.71. The minimum absolute atomic E-state index is 0.389. The van der Waals surface area contributed by atoms with Crippen LogP contribution in [0.15, 0.2) is 16.6 Å². The molecular formula is C13H13B14BrOS. The normalized spacial score (nSPS) is 18.0. The maximum atomic E-state index is 10.9. The fourth-order valence-corrected chi connectivity index (χ4v) is 5.42. The van der Waals surface area contributed by atoms with E-state index in [0.717, 1.165) is 28.2 Å². The van der Waals surface area contributed by atoms with Gasteiger partial charge in [-0.3, -0.25) is 4.79 Å². The Morgan fingerprint density at radius 1 is 0.900 bits per heavy atom. The molecular weight excluding hydrogens is 435 g/mol. The van der Waals surface area contributed by atoms with Gasteiger partial charge in [-0.25, -0.2) is 0 Å². The van der Waals surface area contributed by atoms with Gasteiger partial charge in [0.15, 0.2) is 6.29 Å². The van der Waals surface area contributed by atoms with Gasteiger partial charge < -0.3 is 0 Å². The summed E-state index contributed by atoms with van der Waals surface area (Å²) in [7, 11) is 39.0. The van der Waals surface area contributed by atoms with E-state index in [0.29, 0.717) is 0 Å². The zero-order valence-electron chi connectivity index (χ0n) is 17.0. The molecule has 2 bridgehead atoms. The number of benzene rings is 1. The van der Waals surface area contributed by atoms with Crippen LogP contribution >= 0.6 is 28.0 Å². The molecule has 30 heavy (non-hydrogen) atoms. The molecule has 1 aromatic rings. The molecule has 1 aromatic carbocycles. The van der Waals surface area contributed by atoms with Crippen molar-refractivity contribution in [1.29, 1.82) is 0 Å². The van der Waals surface area contributed by atoms with Gasteiger partial charge in [-0.15, -0.1) is 0 Å². The van der Waals surface area contributed by atoms with Crippen molar-refractivity contribution in [2.45, 2.75) is 37.5 Å². The minimum atomic E-state index is -0.728. The number of hydrogen-bond donors (Lipinski definition) is 0. The number of fused-ring (bicyclic) bond motifs is 2. The molecule has 0 heterocycles. The van der Waals surface area contributed by atoms with Crippen molar-refractivity contribution in [3.05, 3.63) is 33.3 Å². The predicted octanol–water partition coefficient (Wildman–Crippen LogP) is -0.667. The molecule has 0 saturated heterocycles. The van der Waals surface area contributed by atoms with Crippen molar-refractivity contribution < 1.29 is 4.79 Å². The molecule has 0 spiro atoms. The first-order valence-corrected chi connectivity index (χ1v) is 11.4. The van der Waals surface area contributed by atoms with Crippen LogP contribution in [0.4, 0.5) is 0 Å². The second-order valence-corrected chi connectivity index (χ2v) is 9.40. The molecule has 1 saturated carbocycles. The van der Waals surface area contributed by atoms with Crippen LogP contribution in [-0.2, 0) is 0 Å².